The van der Waals surface area contributed by atoms with Crippen molar-refractivity contribution >= 4 is 21.6 Å². The molecule has 7 nitrogen and oxygen atoms in total. The number of amides is 1. The Morgan fingerprint density at radius 3 is 2.82 bits per heavy atom. The molecular formula is C14H20N2O5S. The highest BCUT2D eigenvalue weighted by molar-refractivity contribution is 7.89. The van der Waals surface area contributed by atoms with Crippen molar-refractivity contribution in [2.24, 2.45) is 0 Å². The summed E-state index contributed by atoms with van der Waals surface area (Å²) < 4.78 is 37.9. The Balaban J connectivity index is 2.20. The standard InChI is InChI=1S/C14H20N2O5S/c1-10(17)16-11-5-6-13(20-2)14(8-11)22(18,19)15-9-12-4-3-7-21-12/h5-6,8,12,15H,3-4,7,9H2,1-2H3,(H,16,17). The molecule has 1 atom stereocenters. The Morgan fingerprint density at radius 1 is 1.45 bits per heavy atom. The van der Waals surface area contributed by atoms with Gasteiger partial charge in [0.15, 0.2) is 0 Å². The van der Waals surface area contributed by atoms with E-state index < -0.39 is 10.0 Å². The molecule has 2 rings (SSSR count). The maximum atomic E-state index is 12.4. The molecule has 1 saturated heterocycles. The second kappa shape index (κ2) is 7.08. The van der Waals surface area contributed by atoms with Crippen LogP contribution in [-0.4, -0.2) is 40.7 Å². The summed E-state index contributed by atoms with van der Waals surface area (Å²) >= 11 is 0. The predicted octanol–water partition coefficient (Wildman–Crippen LogP) is 1.11. The van der Waals surface area contributed by atoms with Gasteiger partial charge in [0, 0.05) is 25.8 Å². The van der Waals surface area contributed by atoms with Gasteiger partial charge in [0.1, 0.15) is 10.6 Å². The van der Waals surface area contributed by atoms with Crippen LogP contribution in [0.5, 0.6) is 5.75 Å². The van der Waals surface area contributed by atoms with Crippen LogP contribution in [0.3, 0.4) is 0 Å². The highest BCUT2D eigenvalue weighted by Gasteiger charge is 2.23. The molecule has 1 heterocycles. The molecule has 122 valence electrons. The quantitative estimate of drug-likeness (QED) is 0.816. The molecule has 1 aliphatic heterocycles. The van der Waals surface area contributed by atoms with Crippen LogP contribution in [0.4, 0.5) is 5.69 Å². The molecular weight excluding hydrogens is 308 g/mol. The van der Waals surface area contributed by atoms with E-state index in [9.17, 15) is 13.2 Å². The number of hydrogen-bond donors (Lipinski definition) is 2. The average Bonchev–Trinajstić information content (AvgIpc) is 2.98. The molecule has 1 aromatic carbocycles. The third kappa shape index (κ3) is 4.19. The van der Waals surface area contributed by atoms with Crippen molar-refractivity contribution in [3.63, 3.8) is 0 Å². The Hall–Kier alpha value is -1.64. The number of anilines is 1. The van der Waals surface area contributed by atoms with E-state index in [4.69, 9.17) is 9.47 Å². The van der Waals surface area contributed by atoms with Crippen molar-refractivity contribution in [2.75, 3.05) is 25.6 Å². The molecule has 1 aliphatic rings. The van der Waals surface area contributed by atoms with Gasteiger partial charge in [-0.1, -0.05) is 0 Å². The number of benzene rings is 1. The zero-order valence-electron chi connectivity index (χ0n) is 12.6. The maximum absolute atomic E-state index is 12.4. The van der Waals surface area contributed by atoms with Gasteiger partial charge in [0.25, 0.3) is 0 Å². The van der Waals surface area contributed by atoms with Crippen molar-refractivity contribution in [3.05, 3.63) is 18.2 Å². The van der Waals surface area contributed by atoms with Gasteiger partial charge < -0.3 is 14.8 Å². The van der Waals surface area contributed by atoms with E-state index in [1.807, 2.05) is 0 Å². The van der Waals surface area contributed by atoms with Crippen LogP contribution in [-0.2, 0) is 19.6 Å². The molecule has 1 aromatic rings. The molecule has 1 amide bonds. The first kappa shape index (κ1) is 16.7. The predicted molar refractivity (Wildman–Crippen MR) is 81.5 cm³/mol. The van der Waals surface area contributed by atoms with Crippen molar-refractivity contribution in [2.45, 2.75) is 30.8 Å². The number of ether oxygens (including phenoxy) is 2. The Bertz CT molecular complexity index is 639. The summed E-state index contributed by atoms with van der Waals surface area (Å²) in [4.78, 5) is 11.1. The van der Waals surface area contributed by atoms with Crippen LogP contribution in [0.25, 0.3) is 0 Å². The third-order valence-corrected chi connectivity index (χ3v) is 4.74. The number of methoxy groups -OCH3 is 1. The van der Waals surface area contributed by atoms with Gasteiger partial charge >= 0.3 is 0 Å². The van der Waals surface area contributed by atoms with Crippen LogP contribution in [0.1, 0.15) is 19.8 Å². The lowest BCUT2D eigenvalue weighted by Gasteiger charge is -2.14. The topological polar surface area (TPSA) is 93.7 Å². The van der Waals surface area contributed by atoms with Gasteiger partial charge in [0.05, 0.1) is 13.2 Å². The van der Waals surface area contributed by atoms with E-state index in [2.05, 4.69) is 10.0 Å². The molecule has 1 unspecified atom stereocenters. The zero-order chi connectivity index (χ0) is 16.2. The van der Waals surface area contributed by atoms with Gasteiger partial charge in [-0.2, -0.15) is 0 Å². The Morgan fingerprint density at radius 2 is 2.23 bits per heavy atom. The molecule has 0 saturated carbocycles. The number of hydrogen-bond acceptors (Lipinski definition) is 5. The monoisotopic (exact) mass is 328 g/mol. The fourth-order valence-electron chi connectivity index (χ4n) is 2.25. The summed E-state index contributed by atoms with van der Waals surface area (Å²) in [6.45, 7) is 2.23. The van der Waals surface area contributed by atoms with Gasteiger partial charge in [-0.3, -0.25) is 4.79 Å². The summed E-state index contributed by atoms with van der Waals surface area (Å²) in [7, 11) is -2.36. The minimum absolute atomic E-state index is 0.0146. The van der Waals surface area contributed by atoms with Crippen LogP contribution in [0, 0.1) is 0 Å². The molecule has 8 heteroatoms. The number of nitrogens with one attached hydrogen (secondary N) is 2. The van der Waals surface area contributed by atoms with Gasteiger partial charge in [-0.25, -0.2) is 13.1 Å². The van der Waals surface area contributed by atoms with Crippen molar-refractivity contribution < 1.29 is 22.7 Å². The lowest BCUT2D eigenvalue weighted by Crippen LogP contribution is -2.32. The van der Waals surface area contributed by atoms with Gasteiger partial charge in [-0.15, -0.1) is 0 Å². The minimum Gasteiger partial charge on any atom is -0.495 e. The van der Waals surface area contributed by atoms with Gasteiger partial charge in [-0.05, 0) is 31.0 Å². The minimum atomic E-state index is -3.76. The van der Waals surface area contributed by atoms with E-state index in [1.54, 1.807) is 6.07 Å². The Kier molecular flexibility index (Phi) is 5.38. The number of carbonyl (C=O) groups is 1. The molecule has 1 fully saturated rings. The summed E-state index contributed by atoms with van der Waals surface area (Å²) in [5.41, 5.74) is 0.394. The number of rotatable bonds is 6. The fourth-order valence-corrected chi connectivity index (χ4v) is 3.51. The number of sulfonamides is 1. The largest absolute Gasteiger partial charge is 0.495 e. The lowest BCUT2D eigenvalue weighted by molar-refractivity contribution is -0.114. The molecule has 0 aliphatic carbocycles. The second-order valence-corrected chi connectivity index (χ2v) is 6.77. The Labute approximate surface area is 130 Å². The summed E-state index contributed by atoms with van der Waals surface area (Å²) in [6, 6.07) is 4.46. The third-order valence-electron chi connectivity index (χ3n) is 3.30. The molecule has 0 aromatic heterocycles. The zero-order valence-corrected chi connectivity index (χ0v) is 13.4. The van der Waals surface area contributed by atoms with Crippen molar-refractivity contribution in [3.8, 4) is 5.75 Å². The lowest BCUT2D eigenvalue weighted by atomic mass is 10.2. The highest BCUT2D eigenvalue weighted by Crippen LogP contribution is 2.27. The molecule has 0 spiro atoms. The van der Waals surface area contributed by atoms with E-state index in [0.29, 0.717) is 12.3 Å². The van der Waals surface area contributed by atoms with Crippen molar-refractivity contribution in [1.82, 2.24) is 4.72 Å². The van der Waals surface area contributed by atoms with E-state index >= 15 is 0 Å². The highest BCUT2D eigenvalue weighted by atomic mass is 32.2. The average molecular weight is 328 g/mol. The molecule has 2 N–H and O–H groups in total. The first-order valence-electron chi connectivity index (χ1n) is 6.99. The summed E-state index contributed by atoms with van der Waals surface area (Å²) in [5.74, 6) is -0.0604. The fraction of sp³-hybridized carbons (Fsp3) is 0.500. The van der Waals surface area contributed by atoms with Crippen LogP contribution < -0.4 is 14.8 Å². The van der Waals surface area contributed by atoms with E-state index in [1.165, 1.54) is 26.2 Å². The van der Waals surface area contributed by atoms with Crippen LogP contribution >= 0.6 is 0 Å². The summed E-state index contributed by atoms with van der Waals surface area (Å²) in [5, 5.41) is 2.55. The SMILES string of the molecule is COc1ccc(NC(C)=O)cc1S(=O)(=O)NCC1CCCO1. The maximum Gasteiger partial charge on any atom is 0.244 e. The molecule has 0 bridgehead atoms. The van der Waals surface area contributed by atoms with E-state index in [0.717, 1.165) is 12.8 Å². The second-order valence-electron chi connectivity index (χ2n) is 5.03. The van der Waals surface area contributed by atoms with E-state index in [-0.39, 0.29) is 29.2 Å². The van der Waals surface area contributed by atoms with Gasteiger partial charge in [0.2, 0.25) is 15.9 Å². The first-order chi connectivity index (χ1) is 10.4. The van der Waals surface area contributed by atoms with Crippen molar-refractivity contribution in [1.29, 1.82) is 0 Å². The first-order valence-corrected chi connectivity index (χ1v) is 8.47. The summed E-state index contributed by atoms with van der Waals surface area (Å²) in [6.07, 6.45) is 1.68. The number of carbonyl (C=O) groups excluding carboxylic acids is 1. The molecule has 0 radical (unpaired) electrons. The smallest absolute Gasteiger partial charge is 0.244 e. The normalized spacial score (nSPS) is 18.2. The molecule has 22 heavy (non-hydrogen) atoms. The van der Waals surface area contributed by atoms with Crippen LogP contribution in [0.2, 0.25) is 0 Å². The van der Waals surface area contributed by atoms with Crippen LogP contribution in [0.15, 0.2) is 23.1 Å².